The first-order chi connectivity index (χ1) is 8.27. The molecule has 0 aliphatic heterocycles. The highest BCUT2D eigenvalue weighted by Crippen LogP contribution is 2.22. The van der Waals surface area contributed by atoms with Crippen molar-refractivity contribution in [3.05, 3.63) is 28.2 Å². The third-order valence-electron chi connectivity index (χ3n) is 2.68. The average Bonchev–Trinajstić information content (AvgIpc) is 2.32. The van der Waals surface area contributed by atoms with Crippen molar-refractivity contribution < 1.29 is 4.74 Å². The summed E-state index contributed by atoms with van der Waals surface area (Å²) in [6.07, 6.45) is 4.56. The topological polar surface area (TPSA) is 21.3 Å². The van der Waals surface area contributed by atoms with E-state index in [4.69, 9.17) is 4.74 Å². The first-order valence-electron chi connectivity index (χ1n) is 6.29. The van der Waals surface area contributed by atoms with Crippen molar-refractivity contribution in [2.75, 3.05) is 25.6 Å². The second-order valence-corrected chi connectivity index (χ2v) is 5.09. The lowest BCUT2D eigenvalue weighted by atomic mass is 10.1. The van der Waals surface area contributed by atoms with Crippen LogP contribution in [0.4, 0.5) is 5.69 Å². The van der Waals surface area contributed by atoms with Crippen molar-refractivity contribution in [3.8, 4) is 0 Å². The summed E-state index contributed by atoms with van der Waals surface area (Å²) in [5.41, 5.74) is 2.67. The molecule has 0 aliphatic carbocycles. The molecule has 0 aliphatic rings. The number of unbranched alkanes of at least 4 members (excludes halogenated alkanes) is 1. The summed E-state index contributed by atoms with van der Waals surface area (Å²) in [6.45, 7) is 4.08. The summed E-state index contributed by atoms with van der Waals surface area (Å²) in [7, 11) is 1.75. The molecule has 1 aromatic carbocycles. The molecule has 0 aromatic heterocycles. The quantitative estimate of drug-likeness (QED) is 0.725. The molecule has 0 heterocycles. The van der Waals surface area contributed by atoms with E-state index < -0.39 is 0 Å². The number of methoxy groups -OCH3 is 1. The molecular formula is C14H22BrNO. The third-order valence-corrected chi connectivity index (χ3v) is 3.17. The molecule has 0 saturated carbocycles. The molecule has 17 heavy (non-hydrogen) atoms. The van der Waals surface area contributed by atoms with Gasteiger partial charge in [-0.05, 0) is 43.0 Å². The largest absolute Gasteiger partial charge is 0.385 e. The van der Waals surface area contributed by atoms with E-state index in [-0.39, 0.29) is 0 Å². The highest BCUT2D eigenvalue weighted by Gasteiger charge is 2.01. The van der Waals surface area contributed by atoms with E-state index in [9.17, 15) is 0 Å². The van der Waals surface area contributed by atoms with E-state index in [1.807, 2.05) is 0 Å². The molecule has 1 rings (SSSR count). The maximum absolute atomic E-state index is 5.04. The Hall–Kier alpha value is -0.540. The third kappa shape index (κ3) is 5.55. The van der Waals surface area contributed by atoms with Gasteiger partial charge >= 0.3 is 0 Å². The SMILES string of the molecule is CCCc1cc(Br)ccc1NCCCCOC. The van der Waals surface area contributed by atoms with Crippen LogP contribution in [-0.2, 0) is 11.2 Å². The minimum Gasteiger partial charge on any atom is -0.385 e. The number of halogens is 1. The molecule has 1 aromatic rings. The molecule has 0 spiro atoms. The Morgan fingerprint density at radius 2 is 2.12 bits per heavy atom. The summed E-state index contributed by atoms with van der Waals surface area (Å²) < 4.78 is 6.20. The average molecular weight is 300 g/mol. The van der Waals surface area contributed by atoms with E-state index in [1.54, 1.807) is 7.11 Å². The van der Waals surface area contributed by atoms with Gasteiger partial charge in [0.25, 0.3) is 0 Å². The Bertz CT molecular complexity index is 328. The van der Waals surface area contributed by atoms with Gasteiger partial charge in [0.1, 0.15) is 0 Å². The molecule has 0 fully saturated rings. The molecule has 0 radical (unpaired) electrons. The zero-order valence-corrected chi connectivity index (χ0v) is 12.3. The molecule has 0 amide bonds. The molecule has 0 unspecified atom stereocenters. The van der Waals surface area contributed by atoms with Gasteiger partial charge in [0.05, 0.1) is 0 Å². The lowest BCUT2D eigenvalue weighted by Crippen LogP contribution is -2.05. The first-order valence-corrected chi connectivity index (χ1v) is 7.08. The number of rotatable bonds is 8. The summed E-state index contributed by atoms with van der Waals surface area (Å²) in [6, 6.07) is 6.46. The van der Waals surface area contributed by atoms with E-state index in [0.717, 1.165) is 36.9 Å². The molecule has 1 N–H and O–H groups in total. The number of aryl methyl sites for hydroxylation is 1. The van der Waals surface area contributed by atoms with Crippen LogP contribution >= 0.6 is 15.9 Å². The second kappa shape index (κ2) is 8.54. The zero-order chi connectivity index (χ0) is 12.5. The highest BCUT2D eigenvalue weighted by atomic mass is 79.9. The van der Waals surface area contributed by atoms with Gasteiger partial charge in [-0.25, -0.2) is 0 Å². The van der Waals surface area contributed by atoms with Crippen LogP contribution in [0.1, 0.15) is 31.7 Å². The van der Waals surface area contributed by atoms with E-state index in [2.05, 4.69) is 46.4 Å². The molecule has 2 nitrogen and oxygen atoms in total. The van der Waals surface area contributed by atoms with Gasteiger partial charge in [-0.2, -0.15) is 0 Å². The molecule has 3 heteroatoms. The number of ether oxygens (including phenoxy) is 1. The van der Waals surface area contributed by atoms with E-state index >= 15 is 0 Å². The smallest absolute Gasteiger partial charge is 0.0462 e. The number of benzene rings is 1. The fourth-order valence-corrected chi connectivity index (χ4v) is 2.21. The number of nitrogens with one attached hydrogen (secondary N) is 1. The fourth-order valence-electron chi connectivity index (χ4n) is 1.81. The molecule has 0 saturated heterocycles. The predicted octanol–water partition coefficient (Wildman–Crippen LogP) is 4.24. The number of hydrogen-bond donors (Lipinski definition) is 1. The molecular weight excluding hydrogens is 278 g/mol. The van der Waals surface area contributed by atoms with Crippen LogP contribution in [0.15, 0.2) is 22.7 Å². The Labute approximate surface area is 113 Å². The normalized spacial score (nSPS) is 10.5. The summed E-state index contributed by atoms with van der Waals surface area (Å²) in [5.74, 6) is 0. The van der Waals surface area contributed by atoms with Crippen LogP contribution < -0.4 is 5.32 Å². The second-order valence-electron chi connectivity index (χ2n) is 4.18. The van der Waals surface area contributed by atoms with Crippen LogP contribution in [0.25, 0.3) is 0 Å². The van der Waals surface area contributed by atoms with Crippen LogP contribution in [0.2, 0.25) is 0 Å². The highest BCUT2D eigenvalue weighted by molar-refractivity contribution is 9.10. The predicted molar refractivity (Wildman–Crippen MR) is 77.7 cm³/mol. The van der Waals surface area contributed by atoms with Gasteiger partial charge in [-0.1, -0.05) is 29.3 Å². The summed E-state index contributed by atoms with van der Waals surface area (Å²) in [4.78, 5) is 0. The summed E-state index contributed by atoms with van der Waals surface area (Å²) in [5, 5.41) is 3.51. The van der Waals surface area contributed by atoms with Crippen LogP contribution in [0.5, 0.6) is 0 Å². The van der Waals surface area contributed by atoms with Crippen molar-refractivity contribution in [3.63, 3.8) is 0 Å². The molecule has 0 atom stereocenters. The number of anilines is 1. The van der Waals surface area contributed by atoms with Crippen LogP contribution in [-0.4, -0.2) is 20.3 Å². The van der Waals surface area contributed by atoms with Gasteiger partial charge in [0, 0.05) is 30.4 Å². The zero-order valence-electron chi connectivity index (χ0n) is 10.8. The fraction of sp³-hybridized carbons (Fsp3) is 0.571. The summed E-state index contributed by atoms with van der Waals surface area (Å²) >= 11 is 3.52. The van der Waals surface area contributed by atoms with Crippen molar-refractivity contribution in [2.45, 2.75) is 32.6 Å². The van der Waals surface area contributed by atoms with Crippen LogP contribution in [0, 0.1) is 0 Å². The Morgan fingerprint density at radius 1 is 1.29 bits per heavy atom. The van der Waals surface area contributed by atoms with Gasteiger partial charge in [-0.15, -0.1) is 0 Å². The maximum atomic E-state index is 5.04. The van der Waals surface area contributed by atoms with Crippen molar-refractivity contribution in [2.24, 2.45) is 0 Å². The first kappa shape index (κ1) is 14.5. The maximum Gasteiger partial charge on any atom is 0.0462 e. The van der Waals surface area contributed by atoms with E-state index in [0.29, 0.717) is 0 Å². The van der Waals surface area contributed by atoms with Crippen molar-refractivity contribution in [1.29, 1.82) is 0 Å². The minimum atomic E-state index is 0.851. The van der Waals surface area contributed by atoms with Gasteiger partial charge in [0.15, 0.2) is 0 Å². The lowest BCUT2D eigenvalue weighted by molar-refractivity contribution is 0.194. The molecule has 0 bridgehead atoms. The monoisotopic (exact) mass is 299 g/mol. The van der Waals surface area contributed by atoms with Gasteiger partial charge < -0.3 is 10.1 Å². The molecule has 96 valence electrons. The number of hydrogen-bond acceptors (Lipinski definition) is 2. The minimum absolute atomic E-state index is 0.851. The Kier molecular flexibility index (Phi) is 7.29. The van der Waals surface area contributed by atoms with Gasteiger partial charge in [-0.3, -0.25) is 0 Å². The standard InChI is InChI=1S/C14H22BrNO/c1-3-6-12-11-13(15)7-8-14(12)16-9-4-5-10-17-2/h7-8,11,16H,3-6,9-10H2,1-2H3. The Balaban J connectivity index is 2.45. The van der Waals surface area contributed by atoms with E-state index in [1.165, 1.54) is 17.7 Å². The Morgan fingerprint density at radius 3 is 2.82 bits per heavy atom. The van der Waals surface area contributed by atoms with Gasteiger partial charge in [0.2, 0.25) is 0 Å². The van der Waals surface area contributed by atoms with Crippen molar-refractivity contribution >= 4 is 21.6 Å². The lowest BCUT2D eigenvalue weighted by Gasteiger charge is -2.12. The van der Waals surface area contributed by atoms with Crippen LogP contribution in [0.3, 0.4) is 0 Å². The van der Waals surface area contributed by atoms with Crippen molar-refractivity contribution in [1.82, 2.24) is 0 Å².